The highest BCUT2D eigenvalue weighted by molar-refractivity contribution is 6.37. The Morgan fingerprint density at radius 2 is 2.25 bits per heavy atom. The molecule has 2 unspecified atom stereocenters. The van der Waals surface area contributed by atoms with Crippen molar-refractivity contribution in [2.45, 2.75) is 18.9 Å². The third kappa shape index (κ3) is 2.19. The zero-order chi connectivity index (χ0) is 14.3. The maximum absolute atomic E-state index is 11.8. The van der Waals surface area contributed by atoms with Gasteiger partial charge >= 0.3 is 0 Å². The lowest BCUT2D eigenvalue weighted by molar-refractivity contribution is -0.122. The van der Waals surface area contributed by atoms with Gasteiger partial charge in [0, 0.05) is 20.1 Å². The normalized spacial score (nSPS) is 25.4. The number of fused-ring (bicyclic) bond motifs is 1. The molecule has 0 saturated carbocycles. The SMILES string of the molecule is CNc1nc(N2CCCC3C(=O)NCC32)c(Cl)cc1Cl. The predicted octanol–water partition coefficient (Wildman–Crippen LogP) is 2.14. The Bertz CT molecular complexity index is 551. The Balaban J connectivity index is 1.97. The standard InChI is InChI=1S/C13H16Cl2N4O/c1-16-11-8(14)5-9(15)12(18-11)19-4-2-3-7-10(19)6-17-13(7)20/h5,7,10H,2-4,6H2,1H3,(H,16,18)(H,17,20). The van der Waals surface area contributed by atoms with Crippen LogP contribution in [0.25, 0.3) is 0 Å². The number of hydrogen-bond donors (Lipinski definition) is 2. The van der Waals surface area contributed by atoms with Crippen LogP contribution in [0.15, 0.2) is 6.07 Å². The number of nitrogens with one attached hydrogen (secondary N) is 2. The van der Waals surface area contributed by atoms with Gasteiger partial charge < -0.3 is 15.5 Å². The summed E-state index contributed by atoms with van der Waals surface area (Å²) in [7, 11) is 1.77. The van der Waals surface area contributed by atoms with Gasteiger partial charge in [-0.2, -0.15) is 0 Å². The van der Waals surface area contributed by atoms with Crippen LogP contribution in [0.3, 0.4) is 0 Å². The second kappa shape index (κ2) is 5.30. The molecule has 2 fully saturated rings. The summed E-state index contributed by atoms with van der Waals surface area (Å²) >= 11 is 12.4. The largest absolute Gasteiger partial charge is 0.372 e. The summed E-state index contributed by atoms with van der Waals surface area (Å²) < 4.78 is 0. The number of aromatic nitrogens is 1. The van der Waals surface area contributed by atoms with Crippen LogP contribution >= 0.6 is 23.2 Å². The van der Waals surface area contributed by atoms with Gasteiger partial charge in [0.2, 0.25) is 5.91 Å². The van der Waals surface area contributed by atoms with E-state index in [2.05, 4.69) is 20.5 Å². The van der Waals surface area contributed by atoms with Crippen LogP contribution in [-0.4, -0.2) is 37.1 Å². The number of nitrogens with zero attached hydrogens (tertiary/aromatic N) is 2. The fourth-order valence-corrected chi connectivity index (χ4v) is 3.61. The number of hydrogen-bond acceptors (Lipinski definition) is 4. The molecule has 108 valence electrons. The summed E-state index contributed by atoms with van der Waals surface area (Å²) in [5.74, 6) is 1.48. The first-order valence-electron chi connectivity index (χ1n) is 6.70. The van der Waals surface area contributed by atoms with Gasteiger partial charge in [-0.3, -0.25) is 4.79 Å². The van der Waals surface area contributed by atoms with Gasteiger partial charge in [-0.25, -0.2) is 4.98 Å². The molecule has 0 radical (unpaired) electrons. The first-order chi connectivity index (χ1) is 9.61. The molecule has 0 aromatic carbocycles. The van der Waals surface area contributed by atoms with Gasteiger partial charge in [-0.1, -0.05) is 23.2 Å². The zero-order valence-electron chi connectivity index (χ0n) is 11.1. The highest BCUT2D eigenvalue weighted by atomic mass is 35.5. The van der Waals surface area contributed by atoms with Gasteiger partial charge in [-0.15, -0.1) is 0 Å². The number of rotatable bonds is 2. The molecule has 0 bridgehead atoms. The van der Waals surface area contributed by atoms with Crippen molar-refractivity contribution >= 4 is 40.7 Å². The van der Waals surface area contributed by atoms with Gasteiger partial charge in [-0.05, 0) is 18.9 Å². The topological polar surface area (TPSA) is 57.3 Å². The third-order valence-corrected chi connectivity index (χ3v) is 4.59. The van der Waals surface area contributed by atoms with E-state index in [4.69, 9.17) is 23.2 Å². The lowest BCUT2D eigenvalue weighted by atomic mass is 9.91. The number of halogens is 2. The summed E-state index contributed by atoms with van der Waals surface area (Å²) in [5.41, 5.74) is 0. The molecule has 2 saturated heterocycles. The number of pyridine rings is 1. The molecular weight excluding hydrogens is 299 g/mol. The minimum absolute atomic E-state index is 0.0373. The predicted molar refractivity (Wildman–Crippen MR) is 80.7 cm³/mol. The monoisotopic (exact) mass is 314 g/mol. The van der Waals surface area contributed by atoms with E-state index in [9.17, 15) is 4.79 Å². The Hall–Kier alpha value is -1.20. The first-order valence-corrected chi connectivity index (χ1v) is 7.45. The summed E-state index contributed by atoms with van der Waals surface area (Å²) in [6, 6.07) is 1.83. The number of amides is 1. The molecule has 1 aromatic rings. The van der Waals surface area contributed by atoms with Crippen LogP contribution in [-0.2, 0) is 4.79 Å². The van der Waals surface area contributed by atoms with Crippen molar-refractivity contribution in [3.63, 3.8) is 0 Å². The minimum atomic E-state index is 0.0373. The summed E-state index contributed by atoms with van der Waals surface area (Å²) in [5, 5.41) is 6.91. The molecule has 0 spiro atoms. The average molecular weight is 315 g/mol. The van der Waals surface area contributed by atoms with Crippen molar-refractivity contribution < 1.29 is 4.79 Å². The highest BCUT2D eigenvalue weighted by Crippen LogP contribution is 2.37. The lowest BCUT2D eigenvalue weighted by Crippen LogP contribution is -2.46. The first kappa shape index (κ1) is 13.8. The quantitative estimate of drug-likeness (QED) is 0.878. The van der Waals surface area contributed by atoms with Crippen LogP contribution in [0, 0.1) is 5.92 Å². The average Bonchev–Trinajstić information content (AvgIpc) is 2.81. The maximum Gasteiger partial charge on any atom is 0.225 e. The number of carbonyl (C=O) groups excluding carboxylic acids is 1. The minimum Gasteiger partial charge on any atom is -0.372 e. The third-order valence-electron chi connectivity index (χ3n) is 4.02. The second-order valence-electron chi connectivity index (χ2n) is 5.13. The van der Waals surface area contributed by atoms with Crippen LogP contribution in [0.5, 0.6) is 0 Å². The van der Waals surface area contributed by atoms with Crippen molar-refractivity contribution in [1.29, 1.82) is 0 Å². The van der Waals surface area contributed by atoms with Gasteiger partial charge in [0.1, 0.15) is 11.6 Å². The van der Waals surface area contributed by atoms with Gasteiger partial charge in [0.05, 0.1) is 22.0 Å². The number of piperidine rings is 1. The molecule has 2 aliphatic heterocycles. The lowest BCUT2D eigenvalue weighted by Gasteiger charge is -2.37. The molecule has 2 atom stereocenters. The molecule has 20 heavy (non-hydrogen) atoms. The molecule has 2 aliphatic rings. The fourth-order valence-electron chi connectivity index (χ4n) is 3.05. The molecule has 0 aliphatic carbocycles. The van der Waals surface area contributed by atoms with Crippen LogP contribution in [0.2, 0.25) is 10.0 Å². The van der Waals surface area contributed by atoms with Crippen molar-refractivity contribution in [3.8, 4) is 0 Å². The van der Waals surface area contributed by atoms with E-state index in [1.807, 2.05) is 0 Å². The maximum atomic E-state index is 11.8. The Morgan fingerprint density at radius 1 is 1.45 bits per heavy atom. The molecule has 2 N–H and O–H groups in total. The van der Waals surface area contributed by atoms with Crippen LogP contribution in [0.4, 0.5) is 11.6 Å². The van der Waals surface area contributed by atoms with E-state index in [1.165, 1.54) is 0 Å². The Labute approximate surface area is 127 Å². The van der Waals surface area contributed by atoms with Crippen LogP contribution in [0.1, 0.15) is 12.8 Å². The smallest absolute Gasteiger partial charge is 0.225 e. The van der Waals surface area contributed by atoms with E-state index in [-0.39, 0.29) is 17.9 Å². The van der Waals surface area contributed by atoms with Crippen molar-refractivity contribution in [2.75, 3.05) is 30.4 Å². The van der Waals surface area contributed by atoms with Gasteiger partial charge in [0.15, 0.2) is 0 Å². The number of anilines is 2. The van der Waals surface area contributed by atoms with Crippen molar-refractivity contribution in [1.82, 2.24) is 10.3 Å². The Morgan fingerprint density at radius 3 is 3.00 bits per heavy atom. The van der Waals surface area contributed by atoms with Crippen LogP contribution < -0.4 is 15.5 Å². The molecular formula is C13H16Cl2N4O. The van der Waals surface area contributed by atoms with E-state index < -0.39 is 0 Å². The molecule has 1 aromatic heterocycles. The summed E-state index contributed by atoms with van der Waals surface area (Å²) in [6.07, 6.45) is 1.89. The molecule has 3 rings (SSSR count). The zero-order valence-corrected chi connectivity index (χ0v) is 12.6. The highest BCUT2D eigenvalue weighted by Gasteiger charge is 2.41. The van der Waals surface area contributed by atoms with Gasteiger partial charge in [0.25, 0.3) is 0 Å². The number of carbonyl (C=O) groups is 1. The van der Waals surface area contributed by atoms with E-state index in [1.54, 1.807) is 13.1 Å². The summed E-state index contributed by atoms with van der Waals surface area (Å²) in [6.45, 7) is 1.51. The molecule has 1 amide bonds. The van der Waals surface area contributed by atoms with E-state index >= 15 is 0 Å². The molecule has 3 heterocycles. The molecule has 5 nitrogen and oxygen atoms in total. The van der Waals surface area contributed by atoms with Crippen molar-refractivity contribution in [3.05, 3.63) is 16.1 Å². The van der Waals surface area contributed by atoms with Crippen molar-refractivity contribution in [2.24, 2.45) is 5.92 Å². The van der Waals surface area contributed by atoms with E-state index in [0.29, 0.717) is 28.2 Å². The molecule has 7 heteroatoms. The Kier molecular flexibility index (Phi) is 3.65. The fraction of sp³-hybridized carbons (Fsp3) is 0.538. The van der Waals surface area contributed by atoms with E-state index in [0.717, 1.165) is 19.4 Å². The summed E-state index contributed by atoms with van der Waals surface area (Å²) in [4.78, 5) is 18.5. The second-order valence-corrected chi connectivity index (χ2v) is 5.94.